The monoisotopic (exact) mass is 277 g/mol. The SMILES string of the molecule is CNCc1ccccc1NC(=O)N1CCCC1C(=O)O. The number of carboxylic acid groups (broad SMARTS) is 1. The summed E-state index contributed by atoms with van der Waals surface area (Å²) in [6.07, 6.45) is 1.24. The molecule has 0 aromatic heterocycles. The molecular formula is C14H19N3O3. The quantitative estimate of drug-likeness (QED) is 0.778. The van der Waals surface area contributed by atoms with E-state index in [1.54, 1.807) is 0 Å². The maximum atomic E-state index is 12.2. The fourth-order valence-electron chi connectivity index (χ4n) is 2.44. The first-order valence-corrected chi connectivity index (χ1v) is 6.66. The Morgan fingerprint density at radius 2 is 2.15 bits per heavy atom. The Morgan fingerprint density at radius 3 is 2.85 bits per heavy atom. The lowest BCUT2D eigenvalue weighted by atomic mass is 10.2. The Balaban J connectivity index is 2.10. The third-order valence-electron chi connectivity index (χ3n) is 3.42. The fraction of sp³-hybridized carbons (Fsp3) is 0.429. The van der Waals surface area contributed by atoms with Gasteiger partial charge in [0.25, 0.3) is 0 Å². The molecule has 1 heterocycles. The first-order chi connectivity index (χ1) is 9.63. The molecule has 1 aliphatic rings. The van der Waals surface area contributed by atoms with Crippen LogP contribution in [-0.4, -0.2) is 41.6 Å². The Bertz CT molecular complexity index is 504. The van der Waals surface area contributed by atoms with Crippen LogP contribution >= 0.6 is 0 Å². The summed E-state index contributed by atoms with van der Waals surface area (Å²) in [5.41, 5.74) is 1.68. The van der Waals surface area contributed by atoms with E-state index in [1.807, 2.05) is 31.3 Å². The van der Waals surface area contributed by atoms with Gasteiger partial charge in [-0.15, -0.1) is 0 Å². The number of para-hydroxylation sites is 1. The van der Waals surface area contributed by atoms with Crippen molar-refractivity contribution in [2.45, 2.75) is 25.4 Å². The van der Waals surface area contributed by atoms with E-state index >= 15 is 0 Å². The van der Waals surface area contributed by atoms with Crippen molar-refractivity contribution in [1.82, 2.24) is 10.2 Å². The summed E-state index contributed by atoms with van der Waals surface area (Å²) in [7, 11) is 1.83. The van der Waals surface area contributed by atoms with E-state index in [-0.39, 0.29) is 6.03 Å². The van der Waals surface area contributed by atoms with Crippen LogP contribution in [0.4, 0.5) is 10.5 Å². The topological polar surface area (TPSA) is 81.7 Å². The van der Waals surface area contributed by atoms with Gasteiger partial charge in [0, 0.05) is 18.8 Å². The molecule has 1 unspecified atom stereocenters. The van der Waals surface area contributed by atoms with E-state index in [0.717, 1.165) is 12.0 Å². The highest BCUT2D eigenvalue weighted by Crippen LogP contribution is 2.20. The van der Waals surface area contributed by atoms with Crippen LogP contribution < -0.4 is 10.6 Å². The average molecular weight is 277 g/mol. The van der Waals surface area contributed by atoms with Gasteiger partial charge in [0.15, 0.2) is 0 Å². The van der Waals surface area contributed by atoms with Crippen LogP contribution in [0.15, 0.2) is 24.3 Å². The third kappa shape index (κ3) is 3.08. The molecule has 0 saturated carbocycles. The lowest BCUT2D eigenvalue weighted by Gasteiger charge is -2.22. The van der Waals surface area contributed by atoms with Crippen LogP contribution in [0.2, 0.25) is 0 Å². The molecule has 1 saturated heterocycles. The minimum Gasteiger partial charge on any atom is -0.480 e. The smallest absolute Gasteiger partial charge is 0.326 e. The molecule has 1 fully saturated rings. The van der Waals surface area contributed by atoms with Crippen molar-refractivity contribution in [1.29, 1.82) is 0 Å². The molecule has 2 rings (SSSR count). The molecule has 1 aromatic rings. The Hall–Kier alpha value is -2.08. The summed E-state index contributed by atoms with van der Waals surface area (Å²) in [6, 6.07) is 6.41. The zero-order valence-corrected chi connectivity index (χ0v) is 11.4. The van der Waals surface area contributed by atoms with Gasteiger partial charge < -0.3 is 20.6 Å². The average Bonchev–Trinajstić information content (AvgIpc) is 2.91. The number of urea groups is 1. The van der Waals surface area contributed by atoms with E-state index < -0.39 is 12.0 Å². The lowest BCUT2D eigenvalue weighted by molar-refractivity contribution is -0.141. The van der Waals surface area contributed by atoms with Crippen molar-refractivity contribution in [3.05, 3.63) is 29.8 Å². The van der Waals surface area contributed by atoms with Crippen LogP contribution in [0.1, 0.15) is 18.4 Å². The molecule has 0 aliphatic carbocycles. The largest absolute Gasteiger partial charge is 0.480 e. The van der Waals surface area contributed by atoms with Crippen LogP contribution in [0.25, 0.3) is 0 Å². The van der Waals surface area contributed by atoms with Crippen molar-refractivity contribution >= 4 is 17.7 Å². The van der Waals surface area contributed by atoms with Crippen molar-refractivity contribution in [3.8, 4) is 0 Å². The van der Waals surface area contributed by atoms with E-state index in [2.05, 4.69) is 10.6 Å². The summed E-state index contributed by atoms with van der Waals surface area (Å²) < 4.78 is 0. The van der Waals surface area contributed by atoms with Crippen LogP contribution in [0.3, 0.4) is 0 Å². The van der Waals surface area contributed by atoms with Crippen molar-refractivity contribution < 1.29 is 14.7 Å². The van der Waals surface area contributed by atoms with Crippen LogP contribution in [-0.2, 0) is 11.3 Å². The van der Waals surface area contributed by atoms with Crippen molar-refractivity contribution in [2.75, 3.05) is 18.9 Å². The Labute approximate surface area is 117 Å². The number of carbonyl (C=O) groups is 2. The van der Waals surface area contributed by atoms with Gasteiger partial charge in [0.2, 0.25) is 0 Å². The zero-order valence-electron chi connectivity index (χ0n) is 11.4. The first-order valence-electron chi connectivity index (χ1n) is 6.66. The molecule has 2 amide bonds. The van der Waals surface area contributed by atoms with E-state index in [9.17, 15) is 9.59 Å². The van der Waals surface area contributed by atoms with Gasteiger partial charge in [-0.2, -0.15) is 0 Å². The summed E-state index contributed by atoms with van der Waals surface area (Å²) in [4.78, 5) is 24.7. The highest BCUT2D eigenvalue weighted by atomic mass is 16.4. The molecule has 20 heavy (non-hydrogen) atoms. The number of hydrogen-bond donors (Lipinski definition) is 3. The predicted molar refractivity (Wildman–Crippen MR) is 75.6 cm³/mol. The number of likely N-dealkylation sites (tertiary alicyclic amines) is 1. The molecule has 0 spiro atoms. The van der Waals surface area contributed by atoms with Crippen molar-refractivity contribution in [3.63, 3.8) is 0 Å². The van der Waals surface area contributed by atoms with E-state index in [0.29, 0.717) is 25.2 Å². The summed E-state index contributed by atoms with van der Waals surface area (Å²) >= 11 is 0. The second kappa shape index (κ2) is 6.38. The van der Waals surface area contributed by atoms with Gasteiger partial charge in [-0.05, 0) is 31.5 Å². The number of anilines is 1. The Morgan fingerprint density at radius 1 is 1.40 bits per heavy atom. The molecule has 0 bridgehead atoms. The Kier molecular flexibility index (Phi) is 4.57. The number of nitrogens with one attached hydrogen (secondary N) is 2. The van der Waals surface area contributed by atoms with Gasteiger partial charge in [0.1, 0.15) is 6.04 Å². The zero-order chi connectivity index (χ0) is 14.5. The molecule has 0 radical (unpaired) electrons. The predicted octanol–water partition coefficient (Wildman–Crippen LogP) is 1.49. The number of nitrogens with zero attached hydrogens (tertiary/aromatic N) is 1. The second-order valence-electron chi connectivity index (χ2n) is 4.81. The number of benzene rings is 1. The van der Waals surface area contributed by atoms with Gasteiger partial charge in [0.05, 0.1) is 0 Å². The third-order valence-corrected chi connectivity index (χ3v) is 3.42. The van der Waals surface area contributed by atoms with Gasteiger partial charge in [-0.1, -0.05) is 18.2 Å². The normalized spacial score (nSPS) is 18.1. The molecule has 3 N–H and O–H groups in total. The van der Waals surface area contributed by atoms with Gasteiger partial charge in [-0.3, -0.25) is 0 Å². The maximum Gasteiger partial charge on any atom is 0.326 e. The molecule has 1 aromatic carbocycles. The standard InChI is InChI=1S/C14H19N3O3/c1-15-9-10-5-2-3-6-11(10)16-14(20)17-8-4-7-12(17)13(18)19/h2-3,5-6,12,15H,4,7-9H2,1H3,(H,16,20)(H,18,19). The van der Waals surface area contributed by atoms with Crippen LogP contribution in [0.5, 0.6) is 0 Å². The molecule has 1 aliphatic heterocycles. The highest BCUT2D eigenvalue weighted by molar-refractivity contribution is 5.93. The molecule has 6 heteroatoms. The minimum atomic E-state index is -0.943. The molecule has 6 nitrogen and oxygen atoms in total. The molecule has 1 atom stereocenters. The van der Waals surface area contributed by atoms with Crippen LogP contribution in [0, 0.1) is 0 Å². The summed E-state index contributed by atoms with van der Waals surface area (Å²) in [5, 5.41) is 14.9. The lowest BCUT2D eigenvalue weighted by Crippen LogP contribution is -2.42. The van der Waals surface area contributed by atoms with Gasteiger partial charge >= 0.3 is 12.0 Å². The second-order valence-corrected chi connectivity index (χ2v) is 4.81. The highest BCUT2D eigenvalue weighted by Gasteiger charge is 2.34. The number of carboxylic acids is 1. The maximum absolute atomic E-state index is 12.2. The molecular weight excluding hydrogens is 258 g/mol. The summed E-state index contributed by atoms with van der Waals surface area (Å²) in [5.74, 6) is -0.943. The number of aliphatic carboxylic acids is 1. The number of rotatable bonds is 4. The van der Waals surface area contributed by atoms with E-state index in [1.165, 1.54) is 4.90 Å². The minimum absolute atomic E-state index is 0.349. The molecule has 108 valence electrons. The van der Waals surface area contributed by atoms with Gasteiger partial charge in [-0.25, -0.2) is 9.59 Å². The number of carbonyl (C=O) groups excluding carboxylic acids is 1. The summed E-state index contributed by atoms with van der Waals surface area (Å²) in [6.45, 7) is 1.12. The van der Waals surface area contributed by atoms with E-state index in [4.69, 9.17) is 5.11 Å². The van der Waals surface area contributed by atoms with Crippen molar-refractivity contribution in [2.24, 2.45) is 0 Å². The first kappa shape index (κ1) is 14.3. The fourth-order valence-corrected chi connectivity index (χ4v) is 2.44. The number of amides is 2. The number of hydrogen-bond acceptors (Lipinski definition) is 3.